The summed E-state index contributed by atoms with van der Waals surface area (Å²) < 4.78 is 0. The highest BCUT2D eigenvalue weighted by atomic mass is 16.4. The Hall–Kier alpha value is -2.11. The van der Waals surface area contributed by atoms with E-state index in [1.807, 2.05) is 13.8 Å². The van der Waals surface area contributed by atoms with Crippen LogP contribution in [-0.2, 0) is 4.79 Å². The first kappa shape index (κ1) is 14.9. The number of carboxylic acids is 1. The quantitative estimate of drug-likeness (QED) is 0.841. The molecule has 19 heavy (non-hydrogen) atoms. The van der Waals surface area contributed by atoms with Gasteiger partial charge in [0.1, 0.15) is 5.82 Å². The van der Waals surface area contributed by atoms with E-state index in [4.69, 9.17) is 5.11 Å². The van der Waals surface area contributed by atoms with E-state index in [0.717, 1.165) is 0 Å². The summed E-state index contributed by atoms with van der Waals surface area (Å²) in [4.78, 5) is 28.3. The third-order valence-corrected chi connectivity index (χ3v) is 2.60. The maximum atomic E-state index is 11.5. The number of hydrogen-bond acceptors (Lipinski definition) is 4. The molecule has 1 aromatic rings. The Morgan fingerprint density at radius 2 is 2.00 bits per heavy atom. The van der Waals surface area contributed by atoms with Gasteiger partial charge in [0.15, 0.2) is 0 Å². The molecule has 0 spiro atoms. The molecular formula is C13H19N3O3. The van der Waals surface area contributed by atoms with Gasteiger partial charge in [-0.1, -0.05) is 13.8 Å². The van der Waals surface area contributed by atoms with E-state index in [-0.39, 0.29) is 23.9 Å². The third-order valence-electron chi connectivity index (χ3n) is 2.60. The average Bonchev–Trinajstić information content (AvgIpc) is 2.35. The van der Waals surface area contributed by atoms with Crippen LogP contribution in [0.3, 0.4) is 0 Å². The topological polar surface area (TPSA) is 82.5 Å². The van der Waals surface area contributed by atoms with Gasteiger partial charge in [0, 0.05) is 19.8 Å². The Morgan fingerprint density at radius 1 is 1.37 bits per heavy atom. The van der Waals surface area contributed by atoms with Gasteiger partial charge in [0.05, 0.1) is 12.1 Å². The van der Waals surface area contributed by atoms with Crippen molar-refractivity contribution in [1.82, 2.24) is 9.88 Å². The number of nitrogens with one attached hydrogen (secondary N) is 1. The number of carboxylic acid groups (broad SMARTS) is 1. The predicted molar refractivity (Wildman–Crippen MR) is 72.5 cm³/mol. The fourth-order valence-corrected chi connectivity index (χ4v) is 1.39. The monoisotopic (exact) mass is 265 g/mol. The minimum Gasteiger partial charge on any atom is -0.478 e. The number of aromatic nitrogens is 1. The molecule has 0 saturated heterocycles. The summed E-state index contributed by atoms with van der Waals surface area (Å²) in [6.45, 7) is 3.95. The smallest absolute Gasteiger partial charge is 0.335 e. The van der Waals surface area contributed by atoms with Crippen LogP contribution in [0.25, 0.3) is 0 Å². The number of amides is 1. The number of pyridine rings is 1. The molecular weight excluding hydrogens is 246 g/mol. The van der Waals surface area contributed by atoms with Crippen molar-refractivity contribution in [2.75, 3.05) is 26.0 Å². The van der Waals surface area contributed by atoms with Gasteiger partial charge in [0.2, 0.25) is 5.91 Å². The summed E-state index contributed by atoms with van der Waals surface area (Å²) >= 11 is 0. The Kier molecular flexibility index (Phi) is 4.86. The highest BCUT2D eigenvalue weighted by molar-refractivity contribution is 5.89. The van der Waals surface area contributed by atoms with Crippen LogP contribution in [0.15, 0.2) is 12.1 Å². The third kappa shape index (κ3) is 4.24. The van der Waals surface area contributed by atoms with Gasteiger partial charge < -0.3 is 15.3 Å². The summed E-state index contributed by atoms with van der Waals surface area (Å²) in [5.41, 5.74) is 0.846. The summed E-state index contributed by atoms with van der Waals surface area (Å²) in [5, 5.41) is 11.9. The summed E-state index contributed by atoms with van der Waals surface area (Å²) in [6, 6.07) is 2.98. The summed E-state index contributed by atoms with van der Waals surface area (Å²) in [5.74, 6) is -0.594. The zero-order valence-electron chi connectivity index (χ0n) is 11.6. The lowest BCUT2D eigenvalue weighted by atomic mass is 10.1. The number of hydrogen-bond donors (Lipinski definition) is 2. The molecule has 0 radical (unpaired) electrons. The van der Waals surface area contributed by atoms with Crippen LogP contribution < -0.4 is 5.32 Å². The number of aromatic carboxylic acids is 1. The van der Waals surface area contributed by atoms with Crippen LogP contribution in [-0.4, -0.2) is 47.5 Å². The molecule has 0 unspecified atom stereocenters. The van der Waals surface area contributed by atoms with Gasteiger partial charge >= 0.3 is 5.97 Å². The molecule has 0 fully saturated rings. The molecule has 1 rings (SSSR count). The lowest BCUT2D eigenvalue weighted by Crippen LogP contribution is -2.29. The van der Waals surface area contributed by atoms with E-state index in [9.17, 15) is 9.59 Å². The van der Waals surface area contributed by atoms with Crippen molar-refractivity contribution in [3.63, 3.8) is 0 Å². The first-order valence-corrected chi connectivity index (χ1v) is 6.00. The van der Waals surface area contributed by atoms with Crippen molar-refractivity contribution in [3.05, 3.63) is 23.4 Å². The molecule has 6 nitrogen and oxygen atoms in total. The maximum Gasteiger partial charge on any atom is 0.335 e. The SMILES string of the molecule is CC(C)c1cc(C(=O)O)cc(NCC(=O)N(C)C)n1. The molecule has 104 valence electrons. The molecule has 0 aliphatic carbocycles. The van der Waals surface area contributed by atoms with E-state index < -0.39 is 5.97 Å². The standard InChI is InChI=1S/C13H19N3O3/c1-8(2)10-5-9(13(18)19)6-11(15-10)14-7-12(17)16(3)4/h5-6,8H,7H2,1-4H3,(H,14,15)(H,18,19). The van der Waals surface area contributed by atoms with Crippen LogP contribution in [0.1, 0.15) is 35.8 Å². The molecule has 0 saturated carbocycles. The Morgan fingerprint density at radius 3 is 2.47 bits per heavy atom. The molecule has 1 aromatic heterocycles. The summed E-state index contributed by atoms with van der Waals surface area (Å²) in [7, 11) is 3.31. The number of likely N-dealkylation sites (N-methyl/N-ethyl adjacent to an activating group) is 1. The van der Waals surface area contributed by atoms with Crippen molar-refractivity contribution >= 4 is 17.7 Å². The van der Waals surface area contributed by atoms with Gasteiger partial charge in [-0.2, -0.15) is 0 Å². The van der Waals surface area contributed by atoms with Crippen molar-refractivity contribution in [2.45, 2.75) is 19.8 Å². The predicted octanol–water partition coefficient (Wildman–Crippen LogP) is 1.40. The van der Waals surface area contributed by atoms with Crippen molar-refractivity contribution in [2.24, 2.45) is 0 Å². The van der Waals surface area contributed by atoms with E-state index in [1.165, 1.54) is 11.0 Å². The number of nitrogens with zero attached hydrogens (tertiary/aromatic N) is 2. The van der Waals surface area contributed by atoms with Gasteiger partial charge in [-0.15, -0.1) is 0 Å². The largest absolute Gasteiger partial charge is 0.478 e. The molecule has 1 heterocycles. The fourth-order valence-electron chi connectivity index (χ4n) is 1.39. The molecule has 0 bridgehead atoms. The zero-order valence-corrected chi connectivity index (χ0v) is 11.6. The van der Waals surface area contributed by atoms with Crippen LogP contribution in [0.2, 0.25) is 0 Å². The molecule has 0 atom stereocenters. The van der Waals surface area contributed by atoms with Gasteiger partial charge in [-0.3, -0.25) is 4.79 Å². The second kappa shape index (κ2) is 6.17. The number of anilines is 1. The first-order valence-electron chi connectivity index (χ1n) is 6.00. The van der Waals surface area contributed by atoms with Gasteiger partial charge in [-0.05, 0) is 18.1 Å². The maximum absolute atomic E-state index is 11.5. The molecule has 0 aliphatic heterocycles. The first-order chi connectivity index (χ1) is 8.81. The lowest BCUT2D eigenvalue weighted by molar-refractivity contribution is -0.126. The van der Waals surface area contributed by atoms with E-state index in [0.29, 0.717) is 11.5 Å². The van der Waals surface area contributed by atoms with E-state index in [2.05, 4.69) is 10.3 Å². The van der Waals surface area contributed by atoms with Crippen molar-refractivity contribution in [1.29, 1.82) is 0 Å². The number of rotatable bonds is 5. The fraction of sp³-hybridized carbons (Fsp3) is 0.462. The molecule has 0 aromatic carbocycles. The second-order valence-corrected chi connectivity index (χ2v) is 4.77. The number of carbonyl (C=O) groups excluding carboxylic acids is 1. The van der Waals surface area contributed by atoms with Gasteiger partial charge in [-0.25, -0.2) is 9.78 Å². The highest BCUT2D eigenvalue weighted by Crippen LogP contribution is 2.17. The van der Waals surface area contributed by atoms with Crippen LogP contribution in [0.5, 0.6) is 0 Å². The zero-order chi connectivity index (χ0) is 14.6. The Bertz CT molecular complexity index is 484. The summed E-state index contributed by atoms with van der Waals surface area (Å²) in [6.07, 6.45) is 0. The van der Waals surface area contributed by atoms with Gasteiger partial charge in [0.25, 0.3) is 0 Å². The molecule has 0 aliphatic rings. The highest BCUT2D eigenvalue weighted by Gasteiger charge is 2.11. The second-order valence-electron chi connectivity index (χ2n) is 4.77. The number of carbonyl (C=O) groups is 2. The average molecular weight is 265 g/mol. The van der Waals surface area contributed by atoms with E-state index in [1.54, 1.807) is 20.2 Å². The molecule has 6 heteroatoms. The minimum atomic E-state index is -1.01. The lowest BCUT2D eigenvalue weighted by Gasteiger charge is -2.13. The molecule has 1 amide bonds. The van der Waals surface area contributed by atoms with Crippen molar-refractivity contribution in [3.8, 4) is 0 Å². The molecule has 2 N–H and O–H groups in total. The normalized spacial score (nSPS) is 10.4. The van der Waals surface area contributed by atoms with Crippen LogP contribution >= 0.6 is 0 Å². The van der Waals surface area contributed by atoms with E-state index >= 15 is 0 Å². The Labute approximate surface area is 112 Å². The van der Waals surface area contributed by atoms with Crippen LogP contribution in [0, 0.1) is 0 Å². The van der Waals surface area contributed by atoms with Crippen LogP contribution in [0.4, 0.5) is 5.82 Å². The van der Waals surface area contributed by atoms with Crippen molar-refractivity contribution < 1.29 is 14.7 Å². The Balaban J connectivity index is 2.94. The minimum absolute atomic E-state index is 0.0839.